The Bertz CT molecular complexity index is 325. The van der Waals surface area contributed by atoms with Crippen molar-refractivity contribution in [2.75, 3.05) is 26.2 Å². The van der Waals surface area contributed by atoms with Gasteiger partial charge in [0.1, 0.15) is 12.4 Å². The van der Waals surface area contributed by atoms with Crippen LogP contribution in [0.2, 0.25) is 0 Å². The van der Waals surface area contributed by atoms with E-state index in [1.165, 1.54) is 25.9 Å². The van der Waals surface area contributed by atoms with Crippen molar-refractivity contribution in [3.8, 4) is 5.75 Å². The number of nitrogens with zero attached hydrogens (tertiary/aromatic N) is 2. The van der Waals surface area contributed by atoms with E-state index < -0.39 is 0 Å². The predicted molar refractivity (Wildman–Crippen MR) is 61.3 cm³/mol. The number of pyridine rings is 1. The Balaban J connectivity index is 1.79. The Labute approximate surface area is 95.9 Å². The quantitative estimate of drug-likeness (QED) is 0.809. The minimum absolute atomic E-state index is 0.0209. The summed E-state index contributed by atoms with van der Waals surface area (Å²) in [5.41, 5.74) is 0.754. The maximum atomic E-state index is 9.10. The normalized spacial score (nSPS) is 16.6. The maximum Gasteiger partial charge on any atom is 0.127 e. The summed E-state index contributed by atoms with van der Waals surface area (Å²) in [7, 11) is 0. The van der Waals surface area contributed by atoms with Crippen molar-refractivity contribution in [3.05, 3.63) is 24.0 Å². The molecule has 0 saturated carbocycles. The Morgan fingerprint density at radius 1 is 1.38 bits per heavy atom. The van der Waals surface area contributed by atoms with Crippen molar-refractivity contribution in [1.29, 1.82) is 0 Å². The Hall–Kier alpha value is -1.13. The average Bonchev–Trinajstić information content (AvgIpc) is 2.83. The van der Waals surface area contributed by atoms with Crippen LogP contribution in [0.25, 0.3) is 0 Å². The molecule has 4 nitrogen and oxygen atoms in total. The van der Waals surface area contributed by atoms with E-state index in [1.54, 1.807) is 18.5 Å². The van der Waals surface area contributed by atoms with Crippen LogP contribution in [0.4, 0.5) is 0 Å². The van der Waals surface area contributed by atoms with E-state index in [9.17, 15) is 0 Å². The van der Waals surface area contributed by atoms with Crippen LogP contribution in [-0.4, -0.2) is 41.2 Å². The molecule has 1 aromatic heterocycles. The molecule has 1 aliphatic heterocycles. The summed E-state index contributed by atoms with van der Waals surface area (Å²) in [5, 5.41) is 9.10. The number of hydrogen-bond acceptors (Lipinski definition) is 4. The number of aromatic nitrogens is 1. The summed E-state index contributed by atoms with van der Waals surface area (Å²) in [6.45, 7) is 4.00. The summed E-state index contributed by atoms with van der Waals surface area (Å²) in [5.74, 6) is 0.747. The lowest BCUT2D eigenvalue weighted by atomic mass is 10.3. The van der Waals surface area contributed by atoms with Crippen molar-refractivity contribution in [3.63, 3.8) is 0 Å². The molecule has 4 heteroatoms. The predicted octanol–water partition coefficient (Wildman–Crippen LogP) is 1.05. The molecule has 16 heavy (non-hydrogen) atoms. The Morgan fingerprint density at radius 3 is 2.94 bits per heavy atom. The molecule has 1 N–H and O–H groups in total. The first kappa shape index (κ1) is 11.4. The van der Waals surface area contributed by atoms with E-state index >= 15 is 0 Å². The third kappa shape index (κ3) is 2.93. The van der Waals surface area contributed by atoms with Crippen molar-refractivity contribution in [1.82, 2.24) is 9.88 Å². The molecule has 0 atom stereocenters. The maximum absolute atomic E-state index is 9.10. The number of aliphatic hydroxyl groups is 1. The lowest BCUT2D eigenvalue weighted by Gasteiger charge is -2.15. The summed E-state index contributed by atoms with van der Waals surface area (Å²) in [4.78, 5) is 6.35. The second kappa shape index (κ2) is 5.82. The zero-order chi connectivity index (χ0) is 11.2. The molecular formula is C12H18N2O2. The fraction of sp³-hybridized carbons (Fsp3) is 0.583. The highest BCUT2D eigenvalue weighted by Crippen LogP contribution is 2.16. The molecule has 0 aliphatic carbocycles. The monoisotopic (exact) mass is 222 g/mol. The van der Waals surface area contributed by atoms with Gasteiger partial charge in [-0.1, -0.05) is 0 Å². The second-order valence-corrected chi connectivity index (χ2v) is 4.04. The molecule has 88 valence electrons. The molecule has 0 unspecified atom stereocenters. The van der Waals surface area contributed by atoms with Crippen LogP contribution < -0.4 is 4.74 Å². The van der Waals surface area contributed by atoms with Crippen LogP contribution in [0, 0.1) is 0 Å². The van der Waals surface area contributed by atoms with E-state index in [0.29, 0.717) is 6.61 Å². The third-order valence-electron chi connectivity index (χ3n) is 2.89. The number of rotatable bonds is 5. The van der Waals surface area contributed by atoms with Gasteiger partial charge in [-0.05, 0) is 32.0 Å². The minimum Gasteiger partial charge on any atom is -0.492 e. The van der Waals surface area contributed by atoms with Gasteiger partial charge in [0.2, 0.25) is 0 Å². The van der Waals surface area contributed by atoms with Crippen LogP contribution in [0.1, 0.15) is 18.4 Å². The molecule has 1 aromatic rings. The first-order chi connectivity index (χ1) is 7.90. The molecule has 1 saturated heterocycles. The zero-order valence-electron chi connectivity index (χ0n) is 9.43. The molecule has 0 radical (unpaired) electrons. The Kier molecular flexibility index (Phi) is 4.13. The molecular weight excluding hydrogens is 204 g/mol. The Morgan fingerprint density at radius 2 is 2.19 bits per heavy atom. The van der Waals surface area contributed by atoms with Gasteiger partial charge < -0.3 is 9.84 Å². The minimum atomic E-state index is -0.0209. The lowest BCUT2D eigenvalue weighted by molar-refractivity contribution is 0.227. The van der Waals surface area contributed by atoms with Gasteiger partial charge in [0.05, 0.1) is 6.61 Å². The fourth-order valence-electron chi connectivity index (χ4n) is 1.96. The molecule has 1 fully saturated rings. The summed E-state index contributed by atoms with van der Waals surface area (Å²) in [6.07, 6.45) is 5.93. The van der Waals surface area contributed by atoms with E-state index in [1.807, 2.05) is 0 Å². The molecule has 0 bridgehead atoms. The van der Waals surface area contributed by atoms with Crippen molar-refractivity contribution < 1.29 is 9.84 Å². The van der Waals surface area contributed by atoms with Gasteiger partial charge >= 0.3 is 0 Å². The third-order valence-corrected chi connectivity index (χ3v) is 2.89. The number of ether oxygens (including phenoxy) is 1. The van der Waals surface area contributed by atoms with Gasteiger partial charge in [-0.3, -0.25) is 9.88 Å². The summed E-state index contributed by atoms with van der Waals surface area (Å²) < 4.78 is 5.65. The topological polar surface area (TPSA) is 45.6 Å². The number of likely N-dealkylation sites (tertiary alicyclic amines) is 1. The van der Waals surface area contributed by atoms with Crippen LogP contribution in [0.3, 0.4) is 0 Å². The highest BCUT2D eigenvalue weighted by molar-refractivity contribution is 5.29. The second-order valence-electron chi connectivity index (χ2n) is 4.04. The van der Waals surface area contributed by atoms with Crippen molar-refractivity contribution in [2.24, 2.45) is 0 Å². The van der Waals surface area contributed by atoms with Crippen molar-refractivity contribution >= 4 is 0 Å². The lowest BCUT2D eigenvalue weighted by Crippen LogP contribution is -2.25. The molecule has 0 amide bonds. The molecule has 0 spiro atoms. The van der Waals surface area contributed by atoms with Gasteiger partial charge in [-0.2, -0.15) is 0 Å². The first-order valence-corrected chi connectivity index (χ1v) is 5.79. The van der Waals surface area contributed by atoms with E-state index in [2.05, 4.69) is 9.88 Å². The highest BCUT2D eigenvalue weighted by atomic mass is 16.5. The van der Waals surface area contributed by atoms with Gasteiger partial charge in [0.15, 0.2) is 0 Å². The highest BCUT2D eigenvalue weighted by Gasteiger charge is 2.11. The average molecular weight is 222 g/mol. The van der Waals surface area contributed by atoms with E-state index in [0.717, 1.165) is 17.9 Å². The van der Waals surface area contributed by atoms with Crippen molar-refractivity contribution in [2.45, 2.75) is 19.4 Å². The SMILES string of the molecule is OCc1cnccc1OCCN1CCCC1. The van der Waals surface area contributed by atoms with Crippen LogP contribution in [0.5, 0.6) is 5.75 Å². The zero-order valence-corrected chi connectivity index (χ0v) is 9.43. The number of hydrogen-bond donors (Lipinski definition) is 1. The summed E-state index contributed by atoms with van der Waals surface area (Å²) in [6, 6.07) is 1.80. The van der Waals surface area contributed by atoms with Crippen LogP contribution in [-0.2, 0) is 6.61 Å². The van der Waals surface area contributed by atoms with Gasteiger partial charge in [0, 0.05) is 24.5 Å². The van der Waals surface area contributed by atoms with Crippen LogP contribution in [0.15, 0.2) is 18.5 Å². The fourth-order valence-corrected chi connectivity index (χ4v) is 1.96. The van der Waals surface area contributed by atoms with E-state index in [-0.39, 0.29) is 6.61 Å². The smallest absolute Gasteiger partial charge is 0.127 e. The first-order valence-electron chi connectivity index (χ1n) is 5.79. The molecule has 0 aromatic carbocycles. The number of aliphatic hydroxyl groups excluding tert-OH is 1. The van der Waals surface area contributed by atoms with Gasteiger partial charge in [-0.25, -0.2) is 0 Å². The summed E-state index contributed by atoms with van der Waals surface area (Å²) >= 11 is 0. The molecule has 2 rings (SSSR count). The van der Waals surface area contributed by atoms with Gasteiger partial charge in [-0.15, -0.1) is 0 Å². The largest absolute Gasteiger partial charge is 0.492 e. The van der Waals surface area contributed by atoms with Gasteiger partial charge in [0.25, 0.3) is 0 Å². The van der Waals surface area contributed by atoms with Crippen LogP contribution >= 0.6 is 0 Å². The van der Waals surface area contributed by atoms with E-state index in [4.69, 9.17) is 9.84 Å². The standard InChI is InChI=1S/C12H18N2O2/c15-10-11-9-13-4-3-12(11)16-8-7-14-5-1-2-6-14/h3-4,9,15H,1-2,5-8,10H2. The molecule has 1 aliphatic rings. The molecule has 2 heterocycles.